The van der Waals surface area contributed by atoms with Crippen LogP contribution in [0.25, 0.3) is 22.5 Å². The topological polar surface area (TPSA) is 52.6 Å². The summed E-state index contributed by atoms with van der Waals surface area (Å²) >= 11 is 12.0. The number of aryl methyl sites for hydroxylation is 1. The minimum atomic E-state index is -0.258. The van der Waals surface area contributed by atoms with Gasteiger partial charge in [0.15, 0.2) is 5.76 Å². The van der Waals surface area contributed by atoms with Crippen LogP contribution in [0.2, 0.25) is 10.0 Å². The molecule has 0 aliphatic carbocycles. The predicted molar refractivity (Wildman–Crippen MR) is 106 cm³/mol. The molecule has 6 heteroatoms. The van der Waals surface area contributed by atoms with E-state index in [0.29, 0.717) is 26.8 Å². The molecule has 4 rings (SSSR count). The molecule has 0 saturated heterocycles. The van der Waals surface area contributed by atoms with Crippen LogP contribution in [0.4, 0.5) is 0 Å². The van der Waals surface area contributed by atoms with E-state index in [1.165, 1.54) is 6.26 Å². The molecule has 0 bridgehead atoms. The number of benzene rings is 2. The lowest BCUT2D eigenvalue weighted by Crippen LogP contribution is -2.10. The second-order valence-corrected chi connectivity index (χ2v) is 6.92. The van der Waals surface area contributed by atoms with Gasteiger partial charge in [0.05, 0.1) is 21.7 Å². The molecule has 0 atom stereocenters. The lowest BCUT2D eigenvalue weighted by atomic mass is 10.1. The first-order chi connectivity index (χ1) is 13.0. The molecule has 0 amide bonds. The number of hydrogen-bond acceptors (Lipinski definition) is 4. The molecule has 2 aromatic carbocycles. The summed E-state index contributed by atoms with van der Waals surface area (Å²) in [6, 6.07) is 14.0. The fourth-order valence-corrected chi connectivity index (χ4v) is 3.10. The van der Waals surface area contributed by atoms with E-state index in [1.54, 1.807) is 42.5 Å². The van der Waals surface area contributed by atoms with Crippen LogP contribution in [0.3, 0.4) is 0 Å². The van der Waals surface area contributed by atoms with Gasteiger partial charge in [0, 0.05) is 0 Å². The molecule has 0 N–H and O–H groups in total. The van der Waals surface area contributed by atoms with Gasteiger partial charge in [0.1, 0.15) is 12.2 Å². The van der Waals surface area contributed by atoms with Gasteiger partial charge >= 0.3 is 0 Å². The van der Waals surface area contributed by atoms with Gasteiger partial charge in [-0.05, 0) is 48.9 Å². The quantitative estimate of drug-likeness (QED) is 0.406. The Morgan fingerprint density at radius 2 is 1.89 bits per heavy atom. The number of hydrogen-bond donors (Lipinski definition) is 0. The Kier molecular flexibility index (Phi) is 4.68. The Balaban J connectivity index is 1.81. The van der Waals surface area contributed by atoms with E-state index in [4.69, 9.17) is 36.8 Å². The molecule has 4 nitrogen and oxygen atoms in total. The van der Waals surface area contributed by atoms with Crippen LogP contribution in [0, 0.1) is 6.92 Å². The third-order valence-electron chi connectivity index (χ3n) is 4.12. The van der Waals surface area contributed by atoms with Gasteiger partial charge in [-0.3, -0.25) is 4.79 Å². The van der Waals surface area contributed by atoms with Crippen molar-refractivity contribution in [1.82, 2.24) is 0 Å². The summed E-state index contributed by atoms with van der Waals surface area (Å²) in [6.07, 6.45) is 1.51. The molecule has 0 fully saturated rings. The lowest BCUT2D eigenvalue weighted by molar-refractivity contribution is 0.296. The van der Waals surface area contributed by atoms with Gasteiger partial charge in [0.2, 0.25) is 16.9 Å². The first-order valence-corrected chi connectivity index (χ1v) is 8.96. The highest BCUT2D eigenvalue weighted by molar-refractivity contribution is 6.42. The van der Waals surface area contributed by atoms with Crippen molar-refractivity contribution >= 4 is 34.2 Å². The second-order valence-electron chi connectivity index (χ2n) is 6.10. The molecular weight excluding hydrogens is 387 g/mol. The van der Waals surface area contributed by atoms with Crippen molar-refractivity contribution in [2.45, 2.75) is 13.5 Å². The molecule has 27 heavy (non-hydrogen) atoms. The Labute approximate surface area is 164 Å². The highest BCUT2D eigenvalue weighted by Crippen LogP contribution is 2.32. The highest BCUT2D eigenvalue weighted by atomic mass is 35.5. The number of rotatable bonds is 4. The maximum absolute atomic E-state index is 13.1. The molecular formula is C21H14Cl2O4. The summed E-state index contributed by atoms with van der Waals surface area (Å²) in [7, 11) is 0. The maximum atomic E-state index is 13.1. The average molecular weight is 401 g/mol. The van der Waals surface area contributed by atoms with Crippen molar-refractivity contribution in [3.05, 3.63) is 86.2 Å². The van der Waals surface area contributed by atoms with Crippen molar-refractivity contribution in [3.63, 3.8) is 0 Å². The molecule has 2 heterocycles. The normalized spacial score (nSPS) is 11.1. The van der Waals surface area contributed by atoms with Crippen LogP contribution in [0.1, 0.15) is 11.1 Å². The predicted octanol–water partition coefficient (Wildman–Crippen LogP) is 6.25. The van der Waals surface area contributed by atoms with Crippen LogP contribution < -0.4 is 10.2 Å². The average Bonchev–Trinajstić information content (AvgIpc) is 3.18. The Bertz CT molecular complexity index is 1180. The number of fused-ring (bicyclic) bond motifs is 1. The third kappa shape index (κ3) is 3.46. The van der Waals surface area contributed by atoms with E-state index in [9.17, 15) is 4.79 Å². The molecule has 0 spiro atoms. The molecule has 0 saturated carbocycles. The molecule has 2 aromatic heterocycles. The van der Waals surface area contributed by atoms with Gasteiger partial charge in [-0.1, -0.05) is 40.9 Å². The van der Waals surface area contributed by atoms with Gasteiger partial charge in [0.25, 0.3) is 0 Å². The van der Waals surface area contributed by atoms with Crippen LogP contribution in [-0.2, 0) is 6.61 Å². The van der Waals surface area contributed by atoms with Crippen molar-refractivity contribution in [2.24, 2.45) is 0 Å². The largest absolute Gasteiger partial charge is 0.481 e. The Morgan fingerprint density at radius 3 is 2.63 bits per heavy atom. The van der Waals surface area contributed by atoms with E-state index in [1.807, 2.05) is 13.0 Å². The molecule has 136 valence electrons. The van der Waals surface area contributed by atoms with Gasteiger partial charge < -0.3 is 13.6 Å². The fraction of sp³-hybridized carbons (Fsp3) is 0.0952. The van der Waals surface area contributed by atoms with Crippen LogP contribution in [0.5, 0.6) is 5.75 Å². The van der Waals surface area contributed by atoms with Gasteiger partial charge in [-0.2, -0.15) is 0 Å². The Morgan fingerprint density at radius 1 is 1.04 bits per heavy atom. The molecule has 0 aliphatic rings. The standard InChI is InChI=1S/C21H14Cl2O4/c1-12-4-7-17-14(9-12)19(24)21(20(27-17)18-3-2-8-25-18)26-11-13-5-6-15(22)16(23)10-13/h2-10H,11H2,1H3. The van der Waals surface area contributed by atoms with E-state index in [-0.39, 0.29) is 23.5 Å². The van der Waals surface area contributed by atoms with E-state index in [2.05, 4.69) is 0 Å². The summed E-state index contributed by atoms with van der Waals surface area (Å²) in [6.45, 7) is 2.04. The first-order valence-electron chi connectivity index (χ1n) is 8.21. The molecule has 0 aliphatic heterocycles. The van der Waals surface area contributed by atoms with Crippen LogP contribution in [0.15, 0.2) is 68.4 Å². The van der Waals surface area contributed by atoms with E-state index >= 15 is 0 Å². The van der Waals surface area contributed by atoms with Crippen molar-refractivity contribution in [2.75, 3.05) is 0 Å². The van der Waals surface area contributed by atoms with Crippen LogP contribution >= 0.6 is 23.2 Å². The second kappa shape index (κ2) is 7.14. The van der Waals surface area contributed by atoms with Gasteiger partial charge in [-0.15, -0.1) is 0 Å². The zero-order valence-electron chi connectivity index (χ0n) is 14.3. The van der Waals surface area contributed by atoms with Crippen molar-refractivity contribution in [1.29, 1.82) is 0 Å². The molecule has 4 aromatic rings. The van der Waals surface area contributed by atoms with Crippen molar-refractivity contribution < 1.29 is 13.6 Å². The monoisotopic (exact) mass is 400 g/mol. The summed E-state index contributed by atoms with van der Waals surface area (Å²) in [4.78, 5) is 13.1. The van der Waals surface area contributed by atoms with Crippen molar-refractivity contribution in [3.8, 4) is 17.3 Å². The van der Waals surface area contributed by atoms with Gasteiger partial charge in [-0.25, -0.2) is 0 Å². The maximum Gasteiger partial charge on any atom is 0.235 e. The Hall–Kier alpha value is -2.69. The highest BCUT2D eigenvalue weighted by Gasteiger charge is 2.20. The van der Waals surface area contributed by atoms with E-state index < -0.39 is 0 Å². The smallest absolute Gasteiger partial charge is 0.235 e. The molecule has 0 unspecified atom stereocenters. The summed E-state index contributed by atoms with van der Waals surface area (Å²) < 4.78 is 17.2. The number of halogens is 2. The minimum absolute atomic E-state index is 0.0918. The first kappa shape index (κ1) is 17.7. The zero-order chi connectivity index (χ0) is 19.0. The summed E-state index contributed by atoms with van der Waals surface area (Å²) in [5.74, 6) is 0.759. The number of furan rings is 1. The van der Waals surface area contributed by atoms with Crippen LogP contribution in [-0.4, -0.2) is 0 Å². The number of ether oxygens (including phenoxy) is 1. The lowest BCUT2D eigenvalue weighted by Gasteiger charge is -2.11. The summed E-state index contributed by atoms with van der Waals surface area (Å²) in [5.41, 5.74) is 1.94. The minimum Gasteiger partial charge on any atom is -0.481 e. The fourth-order valence-electron chi connectivity index (χ4n) is 2.78. The summed E-state index contributed by atoms with van der Waals surface area (Å²) in [5, 5.41) is 1.33. The SMILES string of the molecule is Cc1ccc2oc(-c3ccco3)c(OCc3ccc(Cl)c(Cl)c3)c(=O)c2c1. The van der Waals surface area contributed by atoms with E-state index in [0.717, 1.165) is 11.1 Å². The third-order valence-corrected chi connectivity index (χ3v) is 4.86. The zero-order valence-corrected chi connectivity index (χ0v) is 15.8. The molecule has 0 radical (unpaired) electrons.